The molecular weight excluding hydrogens is 386 g/mol. The van der Waals surface area contributed by atoms with Crippen LogP contribution in [0.5, 0.6) is 11.5 Å². The summed E-state index contributed by atoms with van der Waals surface area (Å²) in [5, 5.41) is 16.6. The van der Waals surface area contributed by atoms with Gasteiger partial charge in [0.15, 0.2) is 6.23 Å². The van der Waals surface area contributed by atoms with Crippen LogP contribution < -0.4 is 20.1 Å². The summed E-state index contributed by atoms with van der Waals surface area (Å²) in [6.45, 7) is 4.50. The Kier molecular flexibility index (Phi) is 7.89. The van der Waals surface area contributed by atoms with Gasteiger partial charge in [-0.3, -0.25) is 9.69 Å². The summed E-state index contributed by atoms with van der Waals surface area (Å²) in [4.78, 5) is 15.0. The lowest BCUT2D eigenvalue weighted by atomic mass is 10.1. The third-order valence-electron chi connectivity index (χ3n) is 5.01. The Balaban J connectivity index is 1.67. The van der Waals surface area contributed by atoms with Crippen molar-refractivity contribution in [3.05, 3.63) is 53.6 Å². The third kappa shape index (κ3) is 5.85. The minimum Gasteiger partial charge on any atom is -0.497 e. The molecule has 0 saturated carbocycles. The summed E-state index contributed by atoms with van der Waals surface area (Å²) < 4.78 is 15.8. The van der Waals surface area contributed by atoms with Gasteiger partial charge in [-0.15, -0.1) is 0 Å². The number of morpholine rings is 1. The molecule has 8 heteroatoms. The summed E-state index contributed by atoms with van der Waals surface area (Å²) >= 11 is 0. The SMILES string of the molecule is COc1ccc(C(O)Nc2cc(OC)ccc2C(=O)NCCN2CCOCC2)cc1. The molecule has 1 saturated heterocycles. The monoisotopic (exact) mass is 415 g/mol. The van der Waals surface area contributed by atoms with Crippen molar-refractivity contribution in [2.24, 2.45) is 0 Å². The number of rotatable bonds is 9. The molecule has 0 aromatic heterocycles. The molecule has 162 valence electrons. The van der Waals surface area contributed by atoms with Crippen LogP contribution in [-0.2, 0) is 4.74 Å². The lowest BCUT2D eigenvalue weighted by Gasteiger charge is -2.26. The number of aliphatic hydroxyl groups is 1. The smallest absolute Gasteiger partial charge is 0.253 e. The van der Waals surface area contributed by atoms with Gasteiger partial charge in [-0.2, -0.15) is 0 Å². The summed E-state index contributed by atoms with van der Waals surface area (Å²) in [6, 6.07) is 12.2. The van der Waals surface area contributed by atoms with E-state index in [0.29, 0.717) is 34.9 Å². The van der Waals surface area contributed by atoms with Gasteiger partial charge in [-0.25, -0.2) is 0 Å². The first kappa shape index (κ1) is 21.9. The molecule has 1 aliphatic rings. The molecule has 0 spiro atoms. The van der Waals surface area contributed by atoms with Crippen LogP contribution in [0, 0.1) is 0 Å². The zero-order valence-corrected chi connectivity index (χ0v) is 17.4. The van der Waals surface area contributed by atoms with Crippen molar-refractivity contribution in [2.45, 2.75) is 6.23 Å². The van der Waals surface area contributed by atoms with Gasteiger partial charge in [0.2, 0.25) is 0 Å². The first-order valence-electron chi connectivity index (χ1n) is 9.95. The molecular formula is C22H29N3O5. The third-order valence-corrected chi connectivity index (χ3v) is 5.01. The van der Waals surface area contributed by atoms with Crippen molar-refractivity contribution < 1.29 is 24.1 Å². The fourth-order valence-corrected chi connectivity index (χ4v) is 3.23. The Labute approximate surface area is 176 Å². The fraction of sp³-hybridized carbons (Fsp3) is 0.409. The van der Waals surface area contributed by atoms with Gasteiger partial charge < -0.3 is 30.0 Å². The molecule has 1 atom stereocenters. The second-order valence-electron chi connectivity index (χ2n) is 6.94. The van der Waals surface area contributed by atoms with E-state index in [0.717, 1.165) is 32.8 Å². The zero-order chi connectivity index (χ0) is 21.3. The first-order valence-corrected chi connectivity index (χ1v) is 9.95. The number of hydrogen-bond donors (Lipinski definition) is 3. The molecule has 0 aliphatic carbocycles. The maximum atomic E-state index is 12.8. The number of amides is 1. The van der Waals surface area contributed by atoms with Gasteiger partial charge in [0, 0.05) is 37.8 Å². The molecule has 2 aromatic rings. The minimum atomic E-state index is -0.997. The minimum absolute atomic E-state index is 0.213. The summed E-state index contributed by atoms with van der Waals surface area (Å²) in [6.07, 6.45) is -0.997. The average molecular weight is 415 g/mol. The quantitative estimate of drug-likeness (QED) is 0.539. The van der Waals surface area contributed by atoms with E-state index in [1.807, 2.05) is 0 Å². The molecule has 1 aliphatic heterocycles. The van der Waals surface area contributed by atoms with Crippen molar-refractivity contribution in [3.63, 3.8) is 0 Å². The molecule has 3 N–H and O–H groups in total. The molecule has 1 fully saturated rings. The van der Waals surface area contributed by atoms with Crippen LogP contribution in [0.2, 0.25) is 0 Å². The predicted octanol–water partition coefficient (Wildman–Crippen LogP) is 1.87. The Morgan fingerprint density at radius 3 is 2.43 bits per heavy atom. The van der Waals surface area contributed by atoms with Crippen LogP contribution in [0.1, 0.15) is 22.1 Å². The fourth-order valence-electron chi connectivity index (χ4n) is 3.23. The number of anilines is 1. The van der Waals surface area contributed by atoms with E-state index < -0.39 is 6.23 Å². The predicted molar refractivity (Wildman–Crippen MR) is 114 cm³/mol. The standard InChI is InChI=1S/C22H29N3O5/c1-28-17-5-3-16(4-6-17)21(26)24-20-15-18(29-2)7-8-19(20)22(27)23-9-10-25-11-13-30-14-12-25/h3-8,15,21,24,26H,9-14H2,1-2H3,(H,23,27). The lowest BCUT2D eigenvalue weighted by molar-refractivity contribution is 0.0383. The van der Waals surface area contributed by atoms with Gasteiger partial charge >= 0.3 is 0 Å². The van der Waals surface area contributed by atoms with E-state index in [2.05, 4.69) is 15.5 Å². The number of ether oxygens (including phenoxy) is 3. The largest absolute Gasteiger partial charge is 0.497 e. The Morgan fingerprint density at radius 2 is 1.77 bits per heavy atom. The highest BCUT2D eigenvalue weighted by atomic mass is 16.5. The number of nitrogens with zero attached hydrogens (tertiary/aromatic N) is 1. The van der Waals surface area contributed by atoms with Gasteiger partial charge in [0.05, 0.1) is 38.7 Å². The van der Waals surface area contributed by atoms with Gasteiger partial charge in [-0.05, 0) is 24.3 Å². The average Bonchev–Trinajstić information content (AvgIpc) is 2.79. The number of carbonyl (C=O) groups is 1. The molecule has 1 unspecified atom stereocenters. The van der Waals surface area contributed by atoms with E-state index in [9.17, 15) is 9.90 Å². The van der Waals surface area contributed by atoms with Gasteiger partial charge in [-0.1, -0.05) is 12.1 Å². The maximum absolute atomic E-state index is 12.8. The molecule has 2 aromatic carbocycles. The van der Waals surface area contributed by atoms with Crippen LogP contribution in [0.3, 0.4) is 0 Å². The molecule has 0 bridgehead atoms. The summed E-state index contributed by atoms with van der Waals surface area (Å²) in [5.74, 6) is 1.08. The molecule has 30 heavy (non-hydrogen) atoms. The number of hydrogen-bond acceptors (Lipinski definition) is 7. The molecule has 3 rings (SSSR count). The van der Waals surface area contributed by atoms with E-state index >= 15 is 0 Å². The Hall–Kier alpha value is -2.81. The molecule has 8 nitrogen and oxygen atoms in total. The molecule has 0 radical (unpaired) electrons. The number of methoxy groups -OCH3 is 2. The zero-order valence-electron chi connectivity index (χ0n) is 17.4. The second-order valence-corrected chi connectivity index (χ2v) is 6.94. The highest BCUT2D eigenvalue weighted by molar-refractivity contribution is 6.00. The van der Waals surface area contributed by atoms with Crippen molar-refractivity contribution >= 4 is 11.6 Å². The van der Waals surface area contributed by atoms with E-state index in [4.69, 9.17) is 14.2 Å². The summed E-state index contributed by atoms with van der Waals surface area (Å²) in [7, 11) is 3.14. The number of nitrogens with one attached hydrogen (secondary N) is 2. The summed E-state index contributed by atoms with van der Waals surface area (Å²) in [5.41, 5.74) is 1.57. The van der Waals surface area contributed by atoms with Crippen molar-refractivity contribution in [1.29, 1.82) is 0 Å². The van der Waals surface area contributed by atoms with Crippen LogP contribution >= 0.6 is 0 Å². The normalized spacial score (nSPS) is 15.3. The first-order chi connectivity index (χ1) is 14.6. The molecule has 1 heterocycles. The van der Waals surface area contributed by atoms with Crippen LogP contribution in [0.15, 0.2) is 42.5 Å². The van der Waals surface area contributed by atoms with Gasteiger partial charge in [0.1, 0.15) is 11.5 Å². The topological polar surface area (TPSA) is 92.3 Å². The molecule has 1 amide bonds. The van der Waals surface area contributed by atoms with Crippen molar-refractivity contribution in [3.8, 4) is 11.5 Å². The van der Waals surface area contributed by atoms with E-state index in [-0.39, 0.29) is 5.91 Å². The maximum Gasteiger partial charge on any atom is 0.253 e. The second kappa shape index (κ2) is 10.8. The highest BCUT2D eigenvalue weighted by Gasteiger charge is 2.17. The van der Waals surface area contributed by atoms with Crippen molar-refractivity contribution in [1.82, 2.24) is 10.2 Å². The van der Waals surface area contributed by atoms with E-state index in [1.165, 1.54) is 0 Å². The number of carbonyl (C=O) groups excluding carboxylic acids is 1. The van der Waals surface area contributed by atoms with Crippen molar-refractivity contribution in [2.75, 3.05) is 58.9 Å². The number of aliphatic hydroxyl groups excluding tert-OH is 1. The number of benzene rings is 2. The van der Waals surface area contributed by atoms with Gasteiger partial charge in [0.25, 0.3) is 5.91 Å². The lowest BCUT2D eigenvalue weighted by Crippen LogP contribution is -2.41. The van der Waals surface area contributed by atoms with E-state index in [1.54, 1.807) is 56.7 Å². The van der Waals surface area contributed by atoms with Crippen LogP contribution in [0.25, 0.3) is 0 Å². The van der Waals surface area contributed by atoms with Crippen LogP contribution in [-0.4, -0.2) is 69.5 Å². The van der Waals surface area contributed by atoms with Crippen LogP contribution in [0.4, 0.5) is 5.69 Å². The Bertz CT molecular complexity index is 822. The highest BCUT2D eigenvalue weighted by Crippen LogP contribution is 2.26. The Morgan fingerprint density at radius 1 is 1.10 bits per heavy atom.